The van der Waals surface area contributed by atoms with E-state index in [1.807, 2.05) is 0 Å². The van der Waals surface area contributed by atoms with E-state index < -0.39 is 6.10 Å². The van der Waals surface area contributed by atoms with Gasteiger partial charge in [-0.3, -0.25) is 9.59 Å². The lowest BCUT2D eigenvalue weighted by atomic mass is 10.1. The lowest BCUT2D eigenvalue weighted by Gasteiger charge is -2.16. The van der Waals surface area contributed by atoms with Gasteiger partial charge in [0.25, 0.3) is 5.91 Å². The molecule has 0 saturated heterocycles. The molecular formula is C23H18ClNO5. The highest BCUT2D eigenvalue weighted by molar-refractivity contribution is 6.30. The smallest absolute Gasteiger partial charge is 0.261 e. The van der Waals surface area contributed by atoms with Crippen LogP contribution in [0.4, 0.5) is 0 Å². The maximum atomic E-state index is 13.1. The number of hydrogen-bond acceptors (Lipinski definition) is 5. The first-order chi connectivity index (χ1) is 14.5. The van der Waals surface area contributed by atoms with Crippen LogP contribution in [0.25, 0.3) is 22.3 Å². The molecule has 1 amide bonds. The fourth-order valence-corrected chi connectivity index (χ4v) is 3.11. The van der Waals surface area contributed by atoms with E-state index in [1.54, 1.807) is 67.6 Å². The van der Waals surface area contributed by atoms with Crippen molar-refractivity contribution in [1.29, 1.82) is 0 Å². The van der Waals surface area contributed by atoms with Crippen molar-refractivity contribution in [1.82, 2.24) is 5.32 Å². The van der Waals surface area contributed by atoms with Crippen LogP contribution in [-0.2, 0) is 11.3 Å². The van der Waals surface area contributed by atoms with Crippen molar-refractivity contribution < 1.29 is 18.4 Å². The molecule has 1 N–H and O–H groups in total. The van der Waals surface area contributed by atoms with Crippen molar-refractivity contribution in [2.24, 2.45) is 0 Å². The lowest BCUT2D eigenvalue weighted by Crippen LogP contribution is -2.36. The first-order valence-corrected chi connectivity index (χ1v) is 9.69. The van der Waals surface area contributed by atoms with Crippen LogP contribution in [0.3, 0.4) is 0 Å². The quantitative estimate of drug-likeness (QED) is 0.482. The maximum Gasteiger partial charge on any atom is 0.261 e. The number of benzene rings is 2. The summed E-state index contributed by atoms with van der Waals surface area (Å²) in [6.45, 7) is 1.79. The summed E-state index contributed by atoms with van der Waals surface area (Å²) in [6.07, 6.45) is 0.593. The molecule has 0 spiro atoms. The molecule has 0 aliphatic heterocycles. The minimum absolute atomic E-state index is 0.0309. The number of para-hydroxylation sites is 1. The normalized spacial score (nSPS) is 11.9. The summed E-state index contributed by atoms with van der Waals surface area (Å²) in [4.78, 5) is 25.6. The molecule has 0 aliphatic carbocycles. The molecule has 1 atom stereocenters. The Labute approximate surface area is 177 Å². The number of hydrogen-bond donors (Lipinski definition) is 1. The van der Waals surface area contributed by atoms with Crippen LogP contribution in [0.15, 0.2) is 80.6 Å². The number of ether oxygens (including phenoxy) is 1. The van der Waals surface area contributed by atoms with Gasteiger partial charge in [0, 0.05) is 10.6 Å². The number of halogens is 1. The summed E-state index contributed by atoms with van der Waals surface area (Å²) < 4.78 is 17.0. The molecule has 0 saturated carbocycles. The molecule has 2 aromatic heterocycles. The van der Waals surface area contributed by atoms with Crippen LogP contribution < -0.4 is 15.5 Å². The second-order valence-electron chi connectivity index (χ2n) is 6.65. The average Bonchev–Trinajstić information content (AvgIpc) is 3.28. The maximum absolute atomic E-state index is 13.1. The summed E-state index contributed by atoms with van der Waals surface area (Å²) in [5, 5.41) is 3.64. The molecule has 4 aromatic rings. The van der Waals surface area contributed by atoms with Crippen LogP contribution in [0.5, 0.6) is 5.75 Å². The molecule has 30 heavy (non-hydrogen) atoms. The fraction of sp³-hybridized carbons (Fsp3) is 0.130. The third-order valence-corrected chi connectivity index (χ3v) is 4.80. The van der Waals surface area contributed by atoms with Gasteiger partial charge in [-0.15, -0.1) is 0 Å². The molecule has 7 heteroatoms. The van der Waals surface area contributed by atoms with E-state index in [0.29, 0.717) is 27.3 Å². The van der Waals surface area contributed by atoms with Crippen LogP contribution in [0.2, 0.25) is 5.02 Å². The monoisotopic (exact) mass is 423 g/mol. The summed E-state index contributed by atoms with van der Waals surface area (Å²) in [6, 6.07) is 17.2. The highest BCUT2D eigenvalue weighted by Gasteiger charge is 2.23. The molecular weight excluding hydrogens is 406 g/mol. The van der Waals surface area contributed by atoms with Crippen molar-refractivity contribution in [3.05, 3.63) is 87.9 Å². The summed E-state index contributed by atoms with van der Waals surface area (Å²) >= 11 is 5.98. The largest absolute Gasteiger partial charge is 0.473 e. The molecule has 0 radical (unpaired) electrons. The summed E-state index contributed by atoms with van der Waals surface area (Å²) in [5.74, 6) is 0.432. The highest BCUT2D eigenvalue weighted by Crippen LogP contribution is 2.32. The summed E-state index contributed by atoms with van der Waals surface area (Å²) in [7, 11) is 0. The highest BCUT2D eigenvalue weighted by atomic mass is 35.5. The van der Waals surface area contributed by atoms with Crippen molar-refractivity contribution in [3.63, 3.8) is 0 Å². The van der Waals surface area contributed by atoms with Gasteiger partial charge in [-0.2, -0.15) is 0 Å². The number of furan rings is 1. The Morgan fingerprint density at radius 3 is 2.60 bits per heavy atom. The Balaban J connectivity index is 1.68. The van der Waals surface area contributed by atoms with Crippen molar-refractivity contribution in [2.75, 3.05) is 0 Å². The number of nitrogens with one attached hydrogen (secondary N) is 1. The average molecular weight is 424 g/mol. The minimum atomic E-state index is -0.935. The second-order valence-corrected chi connectivity index (χ2v) is 7.09. The van der Waals surface area contributed by atoms with Gasteiger partial charge in [0.05, 0.1) is 18.2 Å². The Bertz CT molecular complexity index is 1230. The molecule has 2 heterocycles. The van der Waals surface area contributed by atoms with Crippen molar-refractivity contribution >= 4 is 28.5 Å². The predicted octanol–water partition coefficient (Wildman–Crippen LogP) is 4.79. The van der Waals surface area contributed by atoms with E-state index in [1.165, 1.54) is 6.26 Å². The lowest BCUT2D eigenvalue weighted by molar-refractivity contribution is -0.127. The van der Waals surface area contributed by atoms with Gasteiger partial charge in [0.2, 0.25) is 11.2 Å². The van der Waals surface area contributed by atoms with Crippen LogP contribution >= 0.6 is 11.6 Å². The third-order valence-electron chi connectivity index (χ3n) is 4.54. The fourth-order valence-electron chi connectivity index (χ4n) is 2.98. The number of rotatable bonds is 6. The van der Waals surface area contributed by atoms with Gasteiger partial charge in [-0.25, -0.2) is 0 Å². The zero-order valence-electron chi connectivity index (χ0n) is 16.1. The van der Waals surface area contributed by atoms with Gasteiger partial charge in [-0.05, 0) is 55.5 Å². The second kappa shape index (κ2) is 8.47. The molecule has 0 fully saturated rings. The van der Waals surface area contributed by atoms with Gasteiger partial charge in [0.1, 0.15) is 11.3 Å². The first kappa shape index (κ1) is 19.8. The molecule has 4 rings (SSSR count). The van der Waals surface area contributed by atoms with Gasteiger partial charge in [0.15, 0.2) is 11.9 Å². The molecule has 2 aromatic carbocycles. The topological polar surface area (TPSA) is 81.7 Å². The summed E-state index contributed by atoms with van der Waals surface area (Å²) in [5.41, 5.74) is 0.683. The number of carbonyl (C=O) groups excluding carboxylic acids is 1. The van der Waals surface area contributed by atoms with Gasteiger partial charge in [-0.1, -0.05) is 23.7 Å². The van der Waals surface area contributed by atoms with E-state index in [-0.39, 0.29) is 29.4 Å². The number of amides is 1. The molecule has 0 bridgehead atoms. The Kier molecular flexibility index (Phi) is 5.59. The van der Waals surface area contributed by atoms with Crippen LogP contribution in [0.1, 0.15) is 12.7 Å². The molecule has 152 valence electrons. The van der Waals surface area contributed by atoms with Crippen molar-refractivity contribution in [3.8, 4) is 17.1 Å². The van der Waals surface area contributed by atoms with Crippen molar-refractivity contribution in [2.45, 2.75) is 19.6 Å². The Morgan fingerprint density at radius 2 is 1.87 bits per heavy atom. The zero-order valence-corrected chi connectivity index (χ0v) is 16.8. The third kappa shape index (κ3) is 4.09. The zero-order chi connectivity index (χ0) is 21.1. The van der Waals surface area contributed by atoms with E-state index in [9.17, 15) is 9.59 Å². The van der Waals surface area contributed by atoms with E-state index in [4.69, 9.17) is 25.2 Å². The van der Waals surface area contributed by atoms with E-state index in [2.05, 4.69) is 5.32 Å². The SMILES string of the molecule is CC(Oc1c(-c2ccc(Cl)cc2)oc2ccccc2c1=O)C(=O)NCc1ccco1. The molecule has 0 aliphatic rings. The Hall–Kier alpha value is -3.51. The van der Waals surface area contributed by atoms with Crippen LogP contribution in [0, 0.1) is 0 Å². The van der Waals surface area contributed by atoms with E-state index >= 15 is 0 Å². The minimum Gasteiger partial charge on any atom is -0.473 e. The standard InChI is InChI=1S/C23H18ClNO5/c1-14(23(27)25-13-17-5-4-12-28-17)29-22-20(26)18-6-2-3-7-19(18)30-21(22)15-8-10-16(24)11-9-15/h2-12,14H,13H2,1H3,(H,25,27). The van der Waals surface area contributed by atoms with Gasteiger partial charge < -0.3 is 18.9 Å². The molecule has 6 nitrogen and oxygen atoms in total. The van der Waals surface area contributed by atoms with Crippen LogP contribution in [-0.4, -0.2) is 12.0 Å². The number of carbonyl (C=O) groups is 1. The first-order valence-electron chi connectivity index (χ1n) is 9.31. The van der Waals surface area contributed by atoms with E-state index in [0.717, 1.165) is 0 Å². The van der Waals surface area contributed by atoms with Gasteiger partial charge >= 0.3 is 0 Å². The number of fused-ring (bicyclic) bond motifs is 1. The molecule has 1 unspecified atom stereocenters. The predicted molar refractivity (Wildman–Crippen MR) is 114 cm³/mol. The Morgan fingerprint density at radius 1 is 1.10 bits per heavy atom.